The molecule has 0 spiro atoms. The molecule has 2 nitrogen and oxygen atoms in total. The van der Waals surface area contributed by atoms with E-state index in [1.54, 1.807) is 0 Å². The molecule has 0 aliphatic heterocycles. The first kappa shape index (κ1) is 31.7. The summed E-state index contributed by atoms with van der Waals surface area (Å²) >= 11 is 0. The summed E-state index contributed by atoms with van der Waals surface area (Å²) in [5, 5.41) is 5.41. The van der Waals surface area contributed by atoms with E-state index in [4.69, 9.17) is 0 Å². The van der Waals surface area contributed by atoms with Crippen molar-refractivity contribution >= 4 is 43.6 Å². The van der Waals surface area contributed by atoms with E-state index in [2.05, 4.69) is 108 Å². The zero-order chi connectivity index (χ0) is 28.9. The molecule has 0 atom stereocenters. The smallest absolute Gasteiger partial charge is 0.0494 e. The van der Waals surface area contributed by atoms with E-state index in [1.807, 2.05) is 55.4 Å². The maximum absolute atomic E-state index is 2.44. The second-order valence-corrected chi connectivity index (χ2v) is 8.40. The van der Waals surface area contributed by atoms with Gasteiger partial charge in [0.25, 0.3) is 0 Å². The monoisotopic (exact) mass is 522 g/mol. The van der Waals surface area contributed by atoms with Crippen LogP contribution in [0.4, 0.5) is 0 Å². The van der Waals surface area contributed by atoms with Crippen LogP contribution in [0.5, 0.6) is 0 Å². The summed E-state index contributed by atoms with van der Waals surface area (Å²) < 4.78 is 4.85. The average molecular weight is 523 g/mol. The Morgan fingerprint density at radius 2 is 0.821 bits per heavy atom. The third-order valence-corrected chi connectivity index (χ3v) is 6.72. The van der Waals surface area contributed by atoms with E-state index in [0.29, 0.717) is 0 Å². The van der Waals surface area contributed by atoms with Gasteiger partial charge < -0.3 is 9.13 Å². The molecule has 4 aromatic carbocycles. The molecule has 0 radical (unpaired) electrons. The lowest BCUT2D eigenvalue weighted by molar-refractivity contribution is 0.826. The number of hydrogen-bond acceptors (Lipinski definition) is 0. The van der Waals surface area contributed by atoms with Crippen molar-refractivity contribution in [3.05, 3.63) is 96.1 Å². The first-order valence-electron chi connectivity index (χ1n) is 15.3. The van der Waals surface area contributed by atoms with Gasteiger partial charge in [0, 0.05) is 56.7 Å². The van der Waals surface area contributed by atoms with Gasteiger partial charge in [-0.3, -0.25) is 0 Å². The fourth-order valence-electron chi connectivity index (χ4n) is 5.33. The van der Waals surface area contributed by atoms with Crippen molar-refractivity contribution in [3.63, 3.8) is 0 Å². The number of fused-ring (bicyclic) bond motifs is 6. The number of benzene rings is 4. The molecular weight excluding hydrogens is 472 g/mol. The number of nitrogens with zero attached hydrogens (tertiary/aromatic N) is 2. The lowest BCUT2D eigenvalue weighted by atomic mass is 10.0. The summed E-state index contributed by atoms with van der Waals surface area (Å²) in [5.74, 6) is 0. The van der Waals surface area contributed by atoms with Gasteiger partial charge in [-0.05, 0) is 61.7 Å². The van der Waals surface area contributed by atoms with E-state index < -0.39 is 0 Å². The van der Waals surface area contributed by atoms with Gasteiger partial charge >= 0.3 is 0 Å². The van der Waals surface area contributed by atoms with Crippen LogP contribution in [0.1, 0.15) is 80.4 Å². The highest BCUT2D eigenvalue weighted by atomic mass is 15.0. The van der Waals surface area contributed by atoms with Gasteiger partial charge in [0.2, 0.25) is 0 Å². The number of hydrogen-bond donors (Lipinski definition) is 0. The second-order valence-electron chi connectivity index (χ2n) is 8.40. The molecule has 0 aliphatic carbocycles. The summed E-state index contributed by atoms with van der Waals surface area (Å²) in [6, 6.07) is 31.5. The zero-order valence-corrected chi connectivity index (χ0v) is 26.1. The summed E-state index contributed by atoms with van der Waals surface area (Å²) in [6.45, 7) is 22.4. The molecule has 208 valence electrons. The van der Waals surface area contributed by atoms with Crippen molar-refractivity contribution in [2.45, 2.75) is 88.7 Å². The van der Waals surface area contributed by atoms with Crippen molar-refractivity contribution in [1.29, 1.82) is 0 Å². The third kappa shape index (κ3) is 6.22. The van der Waals surface area contributed by atoms with Crippen LogP contribution in [-0.2, 0) is 19.5 Å². The lowest BCUT2D eigenvalue weighted by Crippen LogP contribution is -1.95. The van der Waals surface area contributed by atoms with Gasteiger partial charge in [-0.2, -0.15) is 0 Å². The summed E-state index contributed by atoms with van der Waals surface area (Å²) in [7, 11) is 0. The molecule has 2 aromatic heterocycles. The Kier molecular flexibility index (Phi) is 12.8. The van der Waals surface area contributed by atoms with E-state index >= 15 is 0 Å². The number of aryl methyl sites for hydroxylation is 2. The molecular formula is C37H50N2. The van der Waals surface area contributed by atoms with Crippen LogP contribution in [0.15, 0.2) is 84.9 Å². The Labute approximate surface area is 237 Å². The lowest BCUT2D eigenvalue weighted by Gasteiger charge is -2.07. The molecule has 0 aliphatic rings. The zero-order valence-electron chi connectivity index (χ0n) is 26.1. The van der Waals surface area contributed by atoms with Crippen LogP contribution in [0.25, 0.3) is 43.6 Å². The predicted octanol–water partition coefficient (Wildman–Crippen LogP) is 11.6. The standard InChI is InChI=1S/C29H26N2.4C2H6/c1-3-30-27-12-8-6-10-23(27)25-18-20(14-16-28(25)30)17-21-13-15-24-22-9-5-7-11-26(22)31(4-2)29(24)19-21;4*1-2/h5-16,18-19H,3-4,17H2,1-2H3;4*1-2H3. The van der Waals surface area contributed by atoms with Crippen molar-refractivity contribution in [2.75, 3.05) is 0 Å². The topological polar surface area (TPSA) is 9.86 Å². The molecule has 0 unspecified atom stereocenters. The molecule has 39 heavy (non-hydrogen) atoms. The Bertz CT molecular complexity index is 1580. The quantitative estimate of drug-likeness (QED) is 0.218. The van der Waals surface area contributed by atoms with Crippen LogP contribution < -0.4 is 0 Å². The first-order valence-corrected chi connectivity index (χ1v) is 15.3. The molecule has 2 heteroatoms. The predicted molar refractivity (Wildman–Crippen MR) is 178 cm³/mol. The molecule has 0 bridgehead atoms. The van der Waals surface area contributed by atoms with Crippen molar-refractivity contribution in [1.82, 2.24) is 9.13 Å². The fourth-order valence-corrected chi connectivity index (χ4v) is 5.33. The highest BCUT2D eigenvalue weighted by molar-refractivity contribution is 6.09. The van der Waals surface area contributed by atoms with Crippen LogP contribution in [0.2, 0.25) is 0 Å². The minimum atomic E-state index is 0.947. The second kappa shape index (κ2) is 15.8. The maximum atomic E-state index is 2.44. The average Bonchev–Trinajstić information content (AvgIpc) is 3.52. The summed E-state index contributed by atoms with van der Waals surface area (Å²) in [6.07, 6.45) is 0.947. The summed E-state index contributed by atoms with van der Waals surface area (Å²) in [4.78, 5) is 0. The van der Waals surface area contributed by atoms with Crippen LogP contribution >= 0.6 is 0 Å². The number of rotatable bonds is 4. The van der Waals surface area contributed by atoms with E-state index in [9.17, 15) is 0 Å². The first-order chi connectivity index (χ1) is 19.3. The van der Waals surface area contributed by atoms with Gasteiger partial charge in [0.1, 0.15) is 0 Å². The number of aromatic nitrogens is 2. The maximum Gasteiger partial charge on any atom is 0.0494 e. The fraction of sp³-hybridized carbons (Fsp3) is 0.351. The van der Waals surface area contributed by atoms with Gasteiger partial charge in [-0.25, -0.2) is 0 Å². The van der Waals surface area contributed by atoms with Gasteiger partial charge in [-0.1, -0.05) is 110 Å². The molecule has 0 amide bonds. The van der Waals surface area contributed by atoms with Gasteiger partial charge in [0.05, 0.1) is 0 Å². The van der Waals surface area contributed by atoms with Crippen molar-refractivity contribution in [2.24, 2.45) is 0 Å². The van der Waals surface area contributed by atoms with Gasteiger partial charge in [0.15, 0.2) is 0 Å². The molecule has 0 saturated carbocycles. The Morgan fingerprint density at radius 1 is 0.410 bits per heavy atom. The van der Waals surface area contributed by atoms with Crippen LogP contribution in [0, 0.1) is 0 Å². The van der Waals surface area contributed by atoms with Gasteiger partial charge in [-0.15, -0.1) is 0 Å². The van der Waals surface area contributed by atoms with E-state index in [1.165, 1.54) is 54.7 Å². The Morgan fingerprint density at radius 3 is 1.38 bits per heavy atom. The largest absolute Gasteiger partial charge is 0.341 e. The van der Waals surface area contributed by atoms with E-state index in [0.717, 1.165) is 19.5 Å². The molecule has 6 aromatic rings. The number of para-hydroxylation sites is 2. The molecule has 0 saturated heterocycles. The molecule has 6 rings (SSSR count). The minimum absolute atomic E-state index is 0.947. The molecule has 0 fully saturated rings. The van der Waals surface area contributed by atoms with Crippen LogP contribution in [-0.4, -0.2) is 9.13 Å². The Hall–Kier alpha value is -3.52. The third-order valence-electron chi connectivity index (χ3n) is 6.72. The Balaban J connectivity index is 0.000000614. The highest BCUT2D eigenvalue weighted by Gasteiger charge is 2.12. The SMILES string of the molecule is CC.CC.CC.CC.CCn1c2ccccc2c2cc(Cc3ccc4c5ccccc5n(CC)c4c3)ccc21. The van der Waals surface area contributed by atoms with Crippen LogP contribution in [0.3, 0.4) is 0 Å². The molecule has 2 heterocycles. The van der Waals surface area contributed by atoms with E-state index in [-0.39, 0.29) is 0 Å². The molecule has 0 N–H and O–H groups in total. The van der Waals surface area contributed by atoms with Crippen molar-refractivity contribution in [3.8, 4) is 0 Å². The normalized spacial score (nSPS) is 10.1. The highest BCUT2D eigenvalue weighted by Crippen LogP contribution is 2.32. The minimum Gasteiger partial charge on any atom is -0.341 e. The van der Waals surface area contributed by atoms with Crippen molar-refractivity contribution < 1.29 is 0 Å². The summed E-state index contributed by atoms with van der Waals surface area (Å²) in [5.41, 5.74) is 8.05.